The molecule has 1 rings (SSSR count). The molecule has 0 atom stereocenters. The van der Waals surface area contributed by atoms with E-state index in [1.165, 1.54) is 6.26 Å². The van der Waals surface area contributed by atoms with Crippen LogP contribution in [0.25, 0.3) is 0 Å². The Bertz CT molecular complexity index is 482. The second-order valence-corrected chi connectivity index (χ2v) is 6.73. The van der Waals surface area contributed by atoms with Gasteiger partial charge < -0.3 is 4.90 Å². The monoisotopic (exact) mass is 269 g/mol. The number of amides is 1. The third kappa shape index (κ3) is 5.82. The van der Waals surface area contributed by atoms with E-state index in [1.807, 2.05) is 30.3 Å². The molecule has 0 saturated heterocycles. The number of hydrogen-bond acceptors (Lipinski definition) is 3. The van der Waals surface area contributed by atoms with Gasteiger partial charge in [-0.05, 0) is 12.0 Å². The highest BCUT2D eigenvalue weighted by Crippen LogP contribution is 2.05. The van der Waals surface area contributed by atoms with Crippen LogP contribution >= 0.6 is 0 Å². The van der Waals surface area contributed by atoms with Crippen LogP contribution in [0.5, 0.6) is 0 Å². The molecule has 1 aromatic carbocycles. The first-order valence-electron chi connectivity index (χ1n) is 5.84. The summed E-state index contributed by atoms with van der Waals surface area (Å²) in [5.74, 6) is 0.0419. The van der Waals surface area contributed by atoms with E-state index in [-0.39, 0.29) is 18.1 Å². The molecule has 1 aromatic rings. The zero-order valence-corrected chi connectivity index (χ0v) is 11.6. The van der Waals surface area contributed by atoms with Gasteiger partial charge in [0.05, 0.1) is 5.75 Å². The van der Waals surface area contributed by atoms with Crippen molar-refractivity contribution in [1.29, 1.82) is 0 Å². The molecule has 0 heterocycles. The Morgan fingerprint density at radius 1 is 1.22 bits per heavy atom. The van der Waals surface area contributed by atoms with Gasteiger partial charge in [-0.1, -0.05) is 30.3 Å². The van der Waals surface area contributed by atoms with Gasteiger partial charge in [0.1, 0.15) is 9.84 Å². The van der Waals surface area contributed by atoms with Crippen LogP contribution < -0.4 is 0 Å². The van der Waals surface area contributed by atoms with Crippen molar-refractivity contribution in [3.63, 3.8) is 0 Å². The lowest BCUT2D eigenvalue weighted by molar-refractivity contribution is -0.130. The largest absolute Gasteiger partial charge is 0.341 e. The first-order valence-corrected chi connectivity index (χ1v) is 7.90. The molecular weight excluding hydrogens is 250 g/mol. The van der Waals surface area contributed by atoms with Crippen LogP contribution in [-0.2, 0) is 21.2 Å². The molecule has 1 amide bonds. The molecule has 0 radical (unpaired) electrons. The van der Waals surface area contributed by atoms with Gasteiger partial charge in [0.25, 0.3) is 0 Å². The van der Waals surface area contributed by atoms with E-state index in [1.54, 1.807) is 11.9 Å². The first kappa shape index (κ1) is 14.7. The standard InChI is InChI=1S/C13H19NO3S/c1-14(11-12-7-4-3-5-8-12)13(15)9-6-10-18(2,16)17/h3-5,7-8H,6,9-11H2,1-2H3. The summed E-state index contributed by atoms with van der Waals surface area (Å²) in [6.45, 7) is 0.554. The van der Waals surface area contributed by atoms with Gasteiger partial charge in [-0.2, -0.15) is 0 Å². The van der Waals surface area contributed by atoms with E-state index < -0.39 is 9.84 Å². The first-order chi connectivity index (χ1) is 8.38. The SMILES string of the molecule is CN(Cc1ccccc1)C(=O)CCCS(C)(=O)=O. The van der Waals surface area contributed by atoms with Crippen molar-refractivity contribution in [2.24, 2.45) is 0 Å². The Morgan fingerprint density at radius 3 is 2.39 bits per heavy atom. The van der Waals surface area contributed by atoms with Gasteiger partial charge in [0.2, 0.25) is 5.91 Å². The summed E-state index contributed by atoms with van der Waals surface area (Å²) in [6.07, 6.45) is 1.85. The summed E-state index contributed by atoms with van der Waals surface area (Å²) in [4.78, 5) is 13.4. The minimum atomic E-state index is -2.98. The highest BCUT2D eigenvalue weighted by molar-refractivity contribution is 7.90. The number of rotatable bonds is 6. The molecule has 5 heteroatoms. The third-order valence-corrected chi connectivity index (χ3v) is 3.62. The third-order valence-electron chi connectivity index (χ3n) is 2.59. The van der Waals surface area contributed by atoms with Gasteiger partial charge in [0, 0.05) is 26.3 Å². The van der Waals surface area contributed by atoms with Crippen molar-refractivity contribution < 1.29 is 13.2 Å². The van der Waals surface area contributed by atoms with E-state index in [9.17, 15) is 13.2 Å². The predicted octanol–water partition coefficient (Wildman–Crippen LogP) is 1.47. The topological polar surface area (TPSA) is 54.5 Å². The van der Waals surface area contributed by atoms with Crippen molar-refractivity contribution in [3.8, 4) is 0 Å². The molecule has 18 heavy (non-hydrogen) atoms. The molecule has 0 N–H and O–H groups in total. The molecule has 0 fully saturated rings. The van der Waals surface area contributed by atoms with E-state index in [2.05, 4.69) is 0 Å². The Kier molecular flexibility index (Phi) is 5.34. The van der Waals surface area contributed by atoms with Crippen molar-refractivity contribution in [1.82, 2.24) is 4.90 Å². The van der Waals surface area contributed by atoms with Crippen LogP contribution in [0.15, 0.2) is 30.3 Å². The molecule has 100 valence electrons. The Balaban J connectivity index is 2.38. The quantitative estimate of drug-likeness (QED) is 0.786. The van der Waals surface area contributed by atoms with Crippen LogP contribution in [0.2, 0.25) is 0 Å². The molecule has 4 nitrogen and oxygen atoms in total. The molecule has 0 aromatic heterocycles. The molecule has 0 bridgehead atoms. The van der Waals surface area contributed by atoms with Gasteiger partial charge in [-0.3, -0.25) is 4.79 Å². The van der Waals surface area contributed by atoms with E-state index >= 15 is 0 Å². The smallest absolute Gasteiger partial charge is 0.222 e. The second-order valence-electron chi connectivity index (χ2n) is 4.47. The van der Waals surface area contributed by atoms with Gasteiger partial charge >= 0.3 is 0 Å². The zero-order valence-electron chi connectivity index (χ0n) is 10.8. The van der Waals surface area contributed by atoms with Crippen LogP contribution in [0.3, 0.4) is 0 Å². The minimum Gasteiger partial charge on any atom is -0.341 e. The maximum atomic E-state index is 11.8. The maximum Gasteiger partial charge on any atom is 0.222 e. The Hall–Kier alpha value is -1.36. The number of sulfone groups is 1. The highest BCUT2D eigenvalue weighted by atomic mass is 32.2. The van der Waals surface area contributed by atoms with Crippen LogP contribution in [-0.4, -0.2) is 38.3 Å². The predicted molar refractivity (Wildman–Crippen MR) is 71.9 cm³/mol. The lowest BCUT2D eigenvalue weighted by Gasteiger charge is -2.17. The number of carbonyl (C=O) groups excluding carboxylic acids is 1. The molecule has 0 aliphatic heterocycles. The Morgan fingerprint density at radius 2 is 1.83 bits per heavy atom. The average molecular weight is 269 g/mol. The number of nitrogens with zero attached hydrogens (tertiary/aromatic N) is 1. The Labute approximate surface area is 109 Å². The minimum absolute atomic E-state index is 0.0255. The van der Waals surface area contributed by atoms with Crippen LogP contribution in [0.1, 0.15) is 18.4 Å². The molecule has 0 unspecified atom stereocenters. The summed E-state index contributed by atoms with van der Waals surface area (Å²) >= 11 is 0. The number of benzene rings is 1. The van der Waals surface area contributed by atoms with Gasteiger partial charge in [0.15, 0.2) is 0 Å². The molecule has 0 aliphatic rings. The summed E-state index contributed by atoms with van der Waals surface area (Å²) in [5.41, 5.74) is 1.07. The lowest BCUT2D eigenvalue weighted by Crippen LogP contribution is -2.26. The average Bonchev–Trinajstić information content (AvgIpc) is 2.28. The van der Waals surface area contributed by atoms with Gasteiger partial charge in [-0.15, -0.1) is 0 Å². The van der Waals surface area contributed by atoms with Crippen molar-refractivity contribution >= 4 is 15.7 Å². The zero-order chi connectivity index (χ0) is 13.6. The summed E-state index contributed by atoms with van der Waals surface area (Å²) in [5, 5.41) is 0. The summed E-state index contributed by atoms with van der Waals surface area (Å²) in [7, 11) is -1.24. The fraction of sp³-hybridized carbons (Fsp3) is 0.462. The normalized spacial score (nSPS) is 11.2. The number of hydrogen-bond donors (Lipinski definition) is 0. The van der Waals surface area contributed by atoms with Crippen LogP contribution in [0.4, 0.5) is 0 Å². The van der Waals surface area contributed by atoms with E-state index in [0.717, 1.165) is 5.56 Å². The van der Waals surface area contributed by atoms with Crippen molar-refractivity contribution in [2.45, 2.75) is 19.4 Å². The van der Waals surface area contributed by atoms with Gasteiger partial charge in [-0.25, -0.2) is 8.42 Å². The molecule has 0 spiro atoms. The molecule has 0 saturated carbocycles. The maximum absolute atomic E-state index is 11.8. The molecular formula is C13H19NO3S. The van der Waals surface area contributed by atoms with Crippen LogP contribution in [0, 0.1) is 0 Å². The van der Waals surface area contributed by atoms with E-state index in [0.29, 0.717) is 13.0 Å². The summed E-state index contributed by atoms with van der Waals surface area (Å²) < 4.78 is 21.9. The highest BCUT2D eigenvalue weighted by Gasteiger charge is 2.10. The second kappa shape index (κ2) is 6.54. The molecule has 0 aliphatic carbocycles. The van der Waals surface area contributed by atoms with Crippen molar-refractivity contribution in [2.75, 3.05) is 19.1 Å². The van der Waals surface area contributed by atoms with E-state index in [4.69, 9.17) is 0 Å². The van der Waals surface area contributed by atoms with Crippen molar-refractivity contribution in [3.05, 3.63) is 35.9 Å². The lowest BCUT2D eigenvalue weighted by atomic mass is 10.2. The summed E-state index contributed by atoms with van der Waals surface area (Å²) in [6, 6.07) is 9.70. The fourth-order valence-electron chi connectivity index (χ4n) is 1.62. The number of carbonyl (C=O) groups is 1. The fourth-order valence-corrected chi connectivity index (χ4v) is 2.29.